The van der Waals surface area contributed by atoms with Crippen LogP contribution in [0.25, 0.3) is 0 Å². The number of carbonyl (C=O) groups excluding carboxylic acids is 1. The minimum atomic E-state index is -0.289. The van der Waals surface area contributed by atoms with Crippen molar-refractivity contribution in [3.63, 3.8) is 0 Å². The minimum absolute atomic E-state index is 0.125. The van der Waals surface area contributed by atoms with Crippen molar-refractivity contribution < 1.29 is 9.90 Å². The van der Waals surface area contributed by atoms with Crippen molar-refractivity contribution in [1.82, 2.24) is 20.2 Å². The third kappa shape index (κ3) is 4.60. The van der Waals surface area contributed by atoms with Gasteiger partial charge in [-0.15, -0.1) is 0 Å². The number of aromatic nitrogens is 2. The van der Waals surface area contributed by atoms with Crippen molar-refractivity contribution in [3.05, 3.63) is 54.1 Å². The van der Waals surface area contributed by atoms with Crippen LogP contribution in [-0.4, -0.2) is 45.7 Å². The van der Waals surface area contributed by atoms with Crippen molar-refractivity contribution in [1.29, 1.82) is 0 Å². The summed E-state index contributed by atoms with van der Waals surface area (Å²) in [6, 6.07) is 9.63. The van der Waals surface area contributed by atoms with Crippen LogP contribution >= 0.6 is 0 Å². The molecule has 1 aromatic carbocycles. The molecule has 1 aromatic heterocycles. The van der Waals surface area contributed by atoms with Gasteiger partial charge in [-0.1, -0.05) is 36.8 Å². The maximum atomic E-state index is 12.7. The van der Waals surface area contributed by atoms with Gasteiger partial charge in [-0.2, -0.15) is 0 Å². The third-order valence-corrected chi connectivity index (χ3v) is 4.93. The smallest absolute Gasteiger partial charge is 0.317 e. The Bertz CT molecular complexity index is 659. The molecule has 2 aromatic rings. The highest BCUT2D eigenvalue weighted by Gasteiger charge is 2.28. The molecule has 1 saturated carbocycles. The summed E-state index contributed by atoms with van der Waals surface area (Å²) >= 11 is 0. The molecule has 1 fully saturated rings. The van der Waals surface area contributed by atoms with Crippen molar-refractivity contribution >= 4 is 6.03 Å². The first-order valence-electron chi connectivity index (χ1n) is 8.86. The minimum Gasteiger partial charge on any atom is -0.393 e. The van der Waals surface area contributed by atoms with E-state index in [1.165, 1.54) is 0 Å². The van der Waals surface area contributed by atoms with Gasteiger partial charge in [-0.05, 0) is 18.4 Å². The number of benzene rings is 1. The molecule has 1 aliphatic rings. The molecular formula is C19H26N4O2. The summed E-state index contributed by atoms with van der Waals surface area (Å²) in [5.74, 6) is 1.01. The van der Waals surface area contributed by atoms with Crippen LogP contribution in [0.4, 0.5) is 4.79 Å². The molecule has 1 heterocycles. The summed E-state index contributed by atoms with van der Waals surface area (Å²) in [5.41, 5.74) is 1.04. The lowest BCUT2D eigenvalue weighted by atomic mass is 10.0. The molecule has 0 saturated heterocycles. The second-order valence-electron chi connectivity index (χ2n) is 6.79. The van der Waals surface area contributed by atoms with Crippen molar-refractivity contribution in [2.75, 3.05) is 13.6 Å². The Hall–Kier alpha value is -2.34. The predicted molar refractivity (Wildman–Crippen MR) is 96.0 cm³/mol. The van der Waals surface area contributed by atoms with Crippen LogP contribution in [0, 0.1) is 5.92 Å². The molecule has 6 heteroatoms. The molecule has 0 unspecified atom stereocenters. The monoisotopic (exact) mass is 342 g/mol. The number of aromatic amines is 1. The van der Waals surface area contributed by atoms with E-state index in [2.05, 4.69) is 15.3 Å². The normalized spacial score (nSPS) is 21.0. The lowest BCUT2D eigenvalue weighted by Gasteiger charge is -2.26. The summed E-state index contributed by atoms with van der Waals surface area (Å²) < 4.78 is 0. The van der Waals surface area contributed by atoms with E-state index in [4.69, 9.17) is 0 Å². The lowest BCUT2D eigenvalue weighted by Crippen LogP contribution is -2.43. The molecule has 0 radical (unpaired) electrons. The second-order valence-corrected chi connectivity index (χ2v) is 6.79. The number of H-pyrrole nitrogens is 1. The number of urea groups is 1. The Balaban J connectivity index is 1.65. The lowest BCUT2D eigenvalue weighted by molar-refractivity contribution is 0.113. The Morgan fingerprint density at radius 3 is 2.84 bits per heavy atom. The number of hydrogen-bond donors (Lipinski definition) is 3. The zero-order valence-corrected chi connectivity index (χ0v) is 14.6. The van der Waals surface area contributed by atoms with Crippen molar-refractivity contribution in [2.45, 2.75) is 37.8 Å². The highest BCUT2D eigenvalue weighted by molar-refractivity contribution is 5.74. The van der Waals surface area contributed by atoms with Gasteiger partial charge in [-0.25, -0.2) is 9.78 Å². The number of imidazole rings is 1. The van der Waals surface area contributed by atoms with Gasteiger partial charge in [0.05, 0.1) is 12.1 Å². The molecule has 0 aliphatic heterocycles. The first kappa shape index (κ1) is 17.5. The topological polar surface area (TPSA) is 81.2 Å². The zero-order chi connectivity index (χ0) is 17.6. The van der Waals surface area contributed by atoms with Crippen LogP contribution < -0.4 is 5.32 Å². The fourth-order valence-corrected chi connectivity index (χ4v) is 3.46. The number of aliphatic hydroxyl groups is 1. The molecule has 0 bridgehead atoms. The van der Waals surface area contributed by atoms with E-state index in [1.54, 1.807) is 24.3 Å². The largest absolute Gasteiger partial charge is 0.393 e. The SMILES string of the molecule is CN(C[C@@H]1CCC[C@H]1O)C(=O)N[C@H](Cc1ncc[nH]1)c1ccccc1. The van der Waals surface area contributed by atoms with E-state index in [9.17, 15) is 9.90 Å². The number of carbonyl (C=O) groups is 1. The van der Waals surface area contributed by atoms with Gasteiger partial charge >= 0.3 is 6.03 Å². The number of nitrogens with zero attached hydrogens (tertiary/aromatic N) is 2. The molecule has 3 rings (SSSR count). The molecule has 2 amide bonds. The average Bonchev–Trinajstić information content (AvgIpc) is 3.27. The number of aliphatic hydroxyl groups excluding tert-OH is 1. The molecule has 0 spiro atoms. The summed E-state index contributed by atoms with van der Waals surface area (Å²) in [5, 5.41) is 13.1. The fourth-order valence-electron chi connectivity index (χ4n) is 3.46. The molecular weight excluding hydrogens is 316 g/mol. The first-order chi connectivity index (χ1) is 12.1. The predicted octanol–water partition coefficient (Wildman–Crippen LogP) is 2.50. The fraction of sp³-hybridized carbons (Fsp3) is 0.474. The third-order valence-electron chi connectivity index (χ3n) is 4.93. The van der Waals surface area contributed by atoms with E-state index in [-0.39, 0.29) is 24.1 Å². The van der Waals surface area contributed by atoms with Crippen LogP contribution in [-0.2, 0) is 6.42 Å². The van der Waals surface area contributed by atoms with Crippen LogP contribution in [0.2, 0.25) is 0 Å². The van der Waals surface area contributed by atoms with Gasteiger partial charge in [0.15, 0.2) is 0 Å². The van der Waals surface area contributed by atoms with Gasteiger partial charge in [0.25, 0.3) is 0 Å². The van der Waals surface area contributed by atoms with Crippen LogP contribution in [0.5, 0.6) is 0 Å². The van der Waals surface area contributed by atoms with E-state index in [0.717, 1.165) is 30.7 Å². The van der Waals surface area contributed by atoms with Gasteiger partial charge < -0.3 is 20.3 Å². The molecule has 1 aliphatic carbocycles. The maximum absolute atomic E-state index is 12.7. The van der Waals surface area contributed by atoms with Gasteiger partial charge in [0.1, 0.15) is 5.82 Å². The van der Waals surface area contributed by atoms with E-state index < -0.39 is 0 Å². The molecule has 3 atom stereocenters. The van der Waals surface area contributed by atoms with Gasteiger partial charge in [-0.3, -0.25) is 0 Å². The number of hydrogen-bond acceptors (Lipinski definition) is 3. The van der Waals surface area contributed by atoms with Crippen molar-refractivity contribution in [2.24, 2.45) is 5.92 Å². The highest BCUT2D eigenvalue weighted by atomic mass is 16.3. The van der Waals surface area contributed by atoms with Crippen LogP contribution in [0.15, 0.2) is 42.7 Å². The van der Waals surface area contributed by atoms with E-state index in [1.807, 2.05) is 30.3 Å². The van der Waals surface area contributed by atoms with E-state index in [0.29, 0.717) is 13.0 Å². The Morgan fingerprint density at radius 2 is 2.20 bits per heavy atom. The van der Waals surface area contributed by atoms with Crippen LogP contribution in [0.1, 0.15) is 36.7 Å². The summed E-state index contributed by atoms with van der Waals surface area (Å²) in [6.45, 7) is 0.579. The standard InChI is InChI=1S/C19H26N4O2/c1-23(13-15-8-5-9-17(15)24)19(25)22-16(12-18-20-10-11-21-18)14-6-3-2-4-7-14/h2-4,6-7,10-11,15-17,24H,5,8-9,12-13H2,1H3,(H,20,21)(H,22,25)/t15-,16+,17+/m0/s1. The Morgan fingerprint density at radius 1 is 1.40 bits per heavy atom. The summed E-state index contributed by atoms with van der Waals surface area (Å²) in [7, 11) is 1.79. The van der Waals surface area contributed by atoms with E-state index >= 15 is 0 Å². The molecule has 134 valence electrons. The Labute approximate surface area is 148 Å². The summed E-state index contributed by atoms with van der Waals surface area (Å²) in [4.78, 5) is 21.7. The first-order valence-corrected chi connectivity index (χ1v) is 8.86. The maximum Gasteiger partial charge on any atom is 0.317 e. The van der Waals surface area contributed by atoms with Gasteiger partial charge in [0, 0.05) is 38.3 Å². The number of amides is 2. The second kappa shape index (κ2) is 8.16. The molecule has 6 nitrogen and oxygen atoms in total. The van der Waals surface area contributed by atoms with Crippen LogP contribution in [0.3, 0.4) is 0 Å². The Kier molecular flexibility index (Phi) is 5.71. The zero-order valence-electron chi connectivity index (χ0n) is 14.6. The number of rotatable bonds is 6. The van der Waals surface area contributed by atoms with Crippen molar-refractivity contribution in [3.8, 4) is 0 Å². The highest BCUT2D eigenvalue weighted by Crippen LogP contribution is 2.26. The quantitative estimate of drug-likeness (QED) is 0.754. The molecule has 25 heavy (non-hydrogen) atoms. The number of nitrogens with one attached hydrogen (secondary N) is 2. The van der Waals surface area contributed by atoms with Gasteiger partial charge in [0.2, 0.25) is 0 Å². The average molecular weight is 342 g/mol. The summed E-state index contributed by atoms with van der Waals surface area (Å²) in [6.07, 6.45) is 6.66. The molecule has 3 N–H and O–H groups in total.